The van der Waals surface area contributed by atoms with Crippen LogP contribution >= 0.6 is 34.8 Å². The highest BCUT2D eigenvalue weighted by molar-refractivity contribution is 14.1. The van der Waals surface area contributed by atoms with Gasteiger partial charge in [-0.1, -0.05) is 31.4 Å². The van der Waals surface area contributed by atoms with E-state index in [1.165, 1.54) is 19.3 Å². The van der Waals surface area contributed by atoms with Crippen LogP contribution in [0.15, 0.2) is 53.6 Å². The van der Waals surface area contributed by atoms with Crippen LogP contribution in [0.25, 0.3) is 0 Å². The zero-order valence-electron chi connectivity index (χ0n) is 15.4. The Hall–Kier alpha value is -2.00. The predicted molar refractivity (Wildman–Crippen MR) is 124 cm³/mol. The average molecular weight is 507 g/mol. The number of carbonyl (C=O) groups is 1. The molecule has 7 heteroatoms. The van der Waals surface area contributed by atoms with Crippen molar-refractivity contribution in [2.75, 3.05) is 0 Å². The largest absolute Gasteiger partial charge is 0.423 e. The van der Waals surface area contributed by atoms with Crippen molar-refractivity contribution in [3.05, 3.63) is 63.2 Å². The van der Waals surface area contributed by atoms with Gasteiger partial charge in [-0.2, -0.15) is 5.10 Å². The molecule has 0 aliphatic heterocycles. The van der Waals surface area contributed by atoms with Crippen LogP contribution in [-0.4, -0.2) is 23.3 Å². The molecule has 146 valence electrons. The van der Waals surface area contributed by atoms with Gasteiger partial charge < -0.3 is 10.1 Å². The first-order chi connectivity index (χ1) is 13.6. The monoisotopic (exact) mass is 507 g/mol. The molecular formula is C21H22IN3O2S. The number of rotatable bonds is 5. The van der Waals surface area contributed by atoms with Crippen LogP contribution in [0.3, 0.4) is 0 Å². The number of carbonyl (C=O) groups excluding carboxylic acids is 1. The van der Waals surface area contributed by atoms with Gasteiger partial charge in [-0.05, 0) is 89.6 Å². The summed E-state index contributed by atoms with van der Waals surface area (Å²) < 4.78 is 6.29. The van der Waals surface area contributed by atoms with Gasteiger partial charge in [-0.15, -0.1) is 0 Å². The van der Waals surface area contributed by atoms with Gasteiger partial charge >= 0.3 is 5.97 Å². The zero-order valence-corrected chi connectivity index (χ0v) is 18.3. The lowest BCUT2D eigenvalue weighted by Gasteiger charge is -2.23. The van der Waals surface area contributed by atoms with Crippen LogP contribution in [0.1, 0.15) is 48.0 Å². The SMILES string of the molecule is O=C(Oc1ccc(/C=N/NC(=S)NC2CCCCC2)cc1)c1ccccc1I. The lowest BCUT2D eigenvalue weighted by Crippen LogP contribution is -2.40. The fourth-order valence-corrected chi connectivity index (χ4v) is 3.87. The summed E-state index contributed by atoms with van der Waals surface area (Å²) in [7, 11) is 0. The molecule has 0 atom stereocenters. The Balaban J connectivity index is 1.48. The summed E-state index contributed by atoms with van der Waals surface area (Å²) >= 11 is 7.40. The van der Waals surface area contributed by atoms with Gasteiger partial charge in [0.05, 0.1) is 11.8 Å². The summed E-state index contributed by atoms with van der Waals surface area (Å²) in [6, 6.07) is 14.9. The maximum atomic E-state index is 12.2. The lowest BCUT2D eigenvalue weighted by molar-refractivity contribution is 0.0733. The molecule has 0 radical (unpaired) electrons. The topological polar surface area (TPSA) is 62.7 Å². The number of hydrogen-bond donors (Lipinski definition) is 2. The lowest BCUT2D eigenvalue weighted by atomic mass is 9.96. The molecule has 2 aromatic carbocycles. The standard InChI is InChI=1S/C21H22IN3O2S/c22-19-9-5-4-8-18(19)20(26)27-17-12-10-15(11-13-17)14-23-25-21(28)24-16-6-2-1-3-7-16/h4-5,8-14,16H,1-3,6-7H2,(H2,24,25,28)/b23-14+. The van der Waals surface area contributed by atoms with Crippen molar-refractivity contribution in [2.24, 2.45) is 5.10 Å². The number of nitrogens with zero attached hydrogens (tertiary/aromatic N) is 1. The van der Waals surface area contributed by atoms with E-state index in [-0.39, 0.29) is 5.97 Å². The first-order valence-corrected chi connectivity index (χ1v) is 10.8. The highest BCUT2D eigenvalue weighted by Crippen LogP contribution is 2.18. The number of esters is 1. The molecule has 1 aliphatic rings. The van der Waals surface area contributed by atoms with Crippen molar-refractivity contribution in [3.8, 4) is 5.75 Å². The Labute approximate surface area is 184 Å². The summed E-state index contributed by atoms with van der Waals surface area (Å²) in [5.74, 6) is 0.122. The van der Waals surface area contributed by atoms with Crippen LogP contribution in [0.5, 0.6) is 5.75 Å². The van der Waals surface area contributed by atoms with E-state index in [1.807, 2.05) is 30.3 Å². The summed E-state index contributed by atoms with van der Waals surface area (Å²) in [6.45, 7) is 0. The van der Waals surface area contributed by atoms with Gasteiger partial charge in [0.2, 0.25) is 0 Å². The van der Waals surface area contributed by atoms with Crippen LogP contribution < -0.4 is 15.5 Å². The maximum Gasteiger partial charge on any atom is 0.344 e. The second-order valence-electron chi connectivity index (χ2n) is 6.62. The molecule has 0 spiro atoms. The second kappa shape index (κ2) is 10.5. The first kappa shape index (κ1) is 20.7. The fraction of sp³-hybridized carbons (Fsp3) is 0.286. The third-order valence-corrected chi connectivity index (χ3v) is 5.65. The Morgan fingerprint density at radius 2 is 1.82 bits per heavy atom. The molecule has 28 heavy (non-hydrogen) atoms. The second-order valence-corrected chi connectivity index (χ2v) is 8.19. The highest BCUT2D eigenvalue weighted by Gasteiger charge is 2.13. The Kier molecular flexibility index (Phi) is 7.79. The summed E-state index contributed by atoms with van der Waals surface area (Å²) in [4.78, 5) is 12.2. The third-order valence-electron chi connectivity index (χ3n) is 4.50. The van der Waals surface area contributed by atoms with E-state index in [0.29, 0.717) is 22.5 Å². The van der Waals surface area contributed by atoms with Gasteiger partial charge in [0.15, 0.2) is 5.11 Å². The highest BCUT2D eigenvalue weighted by atomic mass is 127. The zero-order chi connectivity index (χ0) is 19.8. The molecular weight excluding hydrogens is 485 g/mol. The number of hydrazone groups is 1. The minimum Gasteiger partial charge on any atom is -0.423 e. The van der Waals surface area contributed by atoms with Crippen molar-refractivity contribution >= 4 is 52.1 Å². The average Bonchev–Trinajstić information content (AvgIpc) is 2.70. The van der Waals surface area contributed by atoms with Crippen molar-refractivity contribution in [1.29, 1.82) is 0 Å². The molecule has 0 heterocycles. The molecule has 2 aromatic rings. The number of benzene rings is 2. The molecule has 0 saturated heterocycles. The van der Waals surface area contributed by atoms with Crippen LogP contribution in [0.4, 0.5) is 0 Å². The molecule has 1 saturated carbocycles. The van der Waals surface area contributed by atoms with E-state index in [4.69, 9.17) is 17.0 Å². The minimum atomic E-state index is -0.368. The molecule has 5 nitrogen and oxygen atoms in total. The minimum absolute atomic E-state index is 0.368. The van der Waals surface area contributed by atoms with E-state index < -0.39 is 0 Å². The van der Waals surface area contributed by atoms with Gasteiger partial charge in [0.25, 0.3) is 0 Å². The van der Waals surface area contributed by atoms with Crippen LogP contribution in [-0.2, 0) is 0 Å². The van der Waals surface area contributed by atoms with E-state index >= 15 is 0 Å². The van der Waals surface area contributed by atoms with Crippen LogP contribution in [0, 0.1) is 3.57 Å². The van der Waals surface area contributed by atoms with Gasteiger partial charge in [-0.3, -0.25) is 5.43 Å². The van der Waals surface area contributed by atoms with Crippen LogP contribution in [0.2, 0.25) is 0 Å². The van der Waals surface area contributed by atoms with Gasteiger partial charge in [0.1, 0.15) is 5.75 Å². The Bertz CT molecular complexity index is 849. The number of nitrogens with one attached hydrogen (secondary N) is 2. The maximum absolute atomic E-state index is 12.2. The Morgan fingerprint density at radius 3 is 2.54 bits per heavy atom. The quantitative estimate of drug-likeness (QED) is 0.154. The summed E-state index contributed by atoms with van der Waals surface area (Å²) in [5, 5.41) is 8.02. The number of ether oxygens (including phenoxy) is 1. The van der Waals surface area contributed by atoms with E-state index in [0.717, 1.165) is 22.0 Å². The van der Waals surface area contributed by atoms with Crippen molar-refractivity contribution in [3.63, 3.8) is 0 Å². The van der Waals surface area contributed by atoms with E-state index in [2.05, 4.69) is 38.4 Å². The molecule has 0 aromatic heterocycles. The van der Waals surface area contributed by atoms with Crippen molar-refractivity contribution in [2.45, 2.75) is 38.1 Å². The van der Waals surface area contributed by atoms with Crippen molar-refractivity contribution < 1.29 is 9.53 Å². The fourth-order valence-electron chi connectivity index (χ4n) is 3.04. The van der Waals surface area contributed by atoms with Gasteiger partial charge in [0, 0.05) is 9.61 Å². The smallest absolute Gasteiger partial charge is 0.344 e. The van der Waals surface area contributed by atoms with E-state index in [1.54, 1.807) is 24.4 Å². The normalized spacial score (nSPS) is 14.6. The predicted octanol–water partition coefficient (Wildman–Crippen LogP) is 4.64. The summed E-state index contributed by atoms with van der Waals surface area (Å²) in [5.41, 5.74) is 4.29. The van der Waals surface area contributed by atoms with E-state index in [9.17, 15) is 4.79 Å². The molecule has 3 rings (SSSR count). The summed E-state index contributed by atoms with van der Waals surface area (Å²) in [6.07, 6.45) is 7.82. The first-order valence-electron chi connectivity index (χ1n) is 9.28. The molecule has 1 aliphatic carbocycles. The third kappa shape index (κ3) is 6.27. The number of hydrogen-bond acceptors (Lipinski definition) is 4. The molecule has 0 bridgehead atoms. The molecule has 0 amide bonds. The van der Waals surface area contributed by atoms with Crippen molar-refractivity contribution in [1.82, 2.24) is 10.7 Å². The Morgan fingerprint density at radius 1 is 1.11 bits per heavy atom. The van der Waals surface area contributed by atoms with Gasteiger partial charge in [-0.25, -0.2) is 4.79 Å². The molecule has 1 fully saturated rings. The number of halogens is 1. The molecule has 0 unspecified atom stereocenters. The molecule has 2 N–H and O–H groups in total. The number of thiocarbonyl (C=S) groups is 1.